The lowest BCUT2D eigenvalue weighted by Gasteiger charge is -2.27. The normalized spacial score (nSPS) is 16.1. The summed E-state index contributed by atoms with van der Waals surface area (Å²) in [5.74, 6) is 0.235. The highest BCUT2D eigenvalue weighted by atomic mass is 32.1. The average Bonchev–Trinajstić information content (AvgIpc) is 3.20. The maximum atomic E-state index is 12.7. The third-order valence-electron chi connectivity index (χ3n) is 4.15. The van der Waals surface area contributed by atoms with Gasteiger partial charge in [-0.1, -0.05) is 35.9 Å². The molecule has 1 aromatic heterocycles. The Morgan fingerprint density at radius 2 is 2.00 bits per heavy atom. The molecule has 0 spiro atoms. The van der Waals surface area contributed by atoms with Crippen LogP contribution in [0.2, 0.25) is 0 Å². The van der Waals surface area contributed by atoms with Gasteiger partial charge in [0, 0.05) is 23.0 Å². The molecule has 21 heavy (non-hydrogen) atoms. The van der Waals surface area contributed by atoms with Crippen molar-refractivity contribution in [1.82, 2.24) is 4.90 Å². The molecule has 0 N–H and O–H groups in total. The summed E-state index contributed by atoms with van der Waals surface area (Å²) in [6.45, 7) is 4.99. The number of hydrogen-bond donors (Lipinski definition) is 0. The van der Waals surface area contributed by atoms with Crippen molar-refractivity contribution < 1.29 is 4.79 Å². The van der Waals surface area contributed by atoms with Gasteiger partial charge in [-0.15, -0.1) is 11.3 Å². The van der Waals surface area contributed by atoms with E-state index < -0.39 is 0 Å². The molecule has 1 heterocycles. The van der Waals surface area contributed by atoms with Gasteiger partial charge in [-0.2, -0.15) is 0 Å². The molecule has 1 aliphatic carbocycles. The number of ketones is 1. The van der Waals surface area contributed by atoms with E-state index in [1.54, 1.807) is 11.3 Å². The lowest BCUT2D eigenvalue weighted by Crippen LogP contribution is -2.40. The molecule has 1 saturated carbocycles. The largest absolute Gasteiger partial charge is 0.292 e. The molecule has 2 aromatic rings. The van der Waals surface area contributed by atoms with Crippen molar-refractivity contribution in [1.29, 1.82) is 0 Å². The van der Waals surface area contributed by atoms with Gasteiger partial charge in [0.25, 0.3) is 0 Å². The van der Waals surface area contributed by atoms with Crippen LogP contribution in [0.25, 0.3) is 0 Å². The van der Waals surface area contributed by atoms with Crippen LogP contribution in [0.5, 0.6) is 0 Å². The highest BCUT2D eigenvalue weighted by Crippen LogP contribution is 2.31. The highest BCUT2D eigenvalue weighted by molar-refractivity contribution is 7.09. The first-order valence-corrected chi connectivity index (χ1v) is 8.42. The fourth-order valence-electron chi connectivity index (χ4n) is 2.68. The maximum absolute atomic E-state index is 12.7. The van der Waals surface area contributed by atoms with Crippen molar-refractivity contribution in [2.75, 3.05) is 0 Å². The minimum atomic E-state index is -0.0534. The summed E-state index contributed by atoms with van der Waals surface area (Å²) in [4.78, 5) is 16.4. The Morgan fingerprint density at radius 3 is 2.57 bits per heavy atom. The molecule has 3 heteroatoms. The van der Waals surface area contributed by atoms with Crippen LogP contribution in [-0.2, 0) is 6.54 Å². The number of carbonyl (C=O) groups excluding carboxylic acids is 1. The van der Waals surface area contributed by atoms with E-state index in [2.05, 4.69) is 22.4 Å². The van der Waals surface area contributed by atoms with E-state index in [1.165, 1.54) is 23.3 Å². The Morgan fingerprint density at radius 1 is 1.29 bits per heavy atom. The molecule has 1 unspecified atom stereocenters. The zero-order valence-corrected chi connectivity index (χ0v) is 13.4. The molecule has 0 aliphatic heterocycles. The van der Waals surface area contributed by atoms with E-state index in [9.17, 15) is 4.79 Å². The number of hydrogen-bond acceptors (Lipinski definition) is 3. The van der Waals surface area contributed by atoms with E-state index >= 15 is 0 Å². The van der Waals surface area contributed by atoms with Gasteiger partial charge in [-0.3, -0.25) is 9.69 Å². The van der Waals surface area contributed by atoms with Crippen LogP contribution in [0.1, 0.15) is 40.6 Å². The number of rotatable bonds is 6. The Kier molecular flexibility index (Phi) is 4.22. The molecule has 110 valence electrons. The number of Topliss-reactive ketones (excluding diaryl/α,β-unsaturated/α-hetero) is 1. The summed E-state index contributed by atoms with van der Waals surface area (Å²) in [6.07, 6.45) is 2.44. The molecule has 0 bridgehead atoms. The van der Waals surface area contributed by atoms with Crippen molar-refractivity contribution in [3.8, 4) is 0 Å². The molecule has 1 aliphatic rings. The van der Waals surface area contributed by atoms with Crippen molar-refractivity contribution in [2.45, 2.75) is 45.3 Å². The van der Waals surface area contributed by atoms with E-state index in [0.717, 1.165) is 12.1 Å². The van der Waals surface area contributed by atoms with Crippen molar-refractivity contribution in [3.05, 3.63) is 57.8 Å². The second kappa shape index (κ2) is 6.12. The zero-order chi connectivity index (χ0) is 14.8. The first-order valence-electron chi connectivity index (χ1n) is 7.54. The van der Waals surface area contributed by atoms with Gasteiger partial charge in [0.2, 0.25) is 0 Å². The molecule has 0 radical (unpaired) electrons. The number of aryl methyl sites for hydroxylation is 1. The topological polar surface area (TPSA) is 20.3 Å². The van der Waals surface area contributed by atoms with Crippen molar-refractivity contribution in [2.24, 2.45) is 0 Å². The minimum Gasteiger partial charge on any atom is -0.292 e. The lowest BCUT2D eigenvalue weighted by molar-refractivity contribution is 0.0816. The molecule has 1 aromatic carbocycles. The number of benzene rings is 1. The van der Waals surface area contributed by atoms with Gasteiger partial charge in [-0.05, 0) is 38.1 Å². The average molecular weight is 299 g/mol. The summed E-state index contributed by atoms with van der Waals surface area (Å²) in [6, 6.07) is 12.7. The van der Waals surface area contributed by atoms with E-state index in [1.807, 2.05) is 38.1 Å². The summed E-state index contributed by atoms with van der Waals surface area (Å²) >= 11 is 1.77. The number of nitrogens with zero attached hydrogens (tertiary/aromatic N) is 1. The fourth-order valence-corrected chi connectivity index (χ4v) is 3.39. The van der Waals surface area contributed by atoms with Gasteiger partial charge >= 0.3 is 0 Å². The SMILES string of the molecule is Cc1ccc(C(=O)C(C)N(Cc2cccs2)C2CC2)cc1. The van der Waals surface area contributed by atoms with Gasteiger partial charge in [0.1, 0.15) is 0 Å². The molecule has 0 amide bonds. The molecule has 1 fully saturated rings. The molecular formula is C18H21NOS. The summed E-state index contributed by atoms with van der Waals surface area (Å²) in [7, 11) is 0. The predicted molar refractivity (Wildman–Crippen MR) is 87.9 cm³/mol. The van der Waals surface area contributed by atoms with Gasteiger partial charge < -0.3 is 0 Å². The lowest BCUT2D eigenvalue weighted by atomic mass is 10.0. The van der Waals surface area contributed by atoms with E-state index in [0.29, 0.717) is 6.04 Å². The maximum Gasteiger partial charge on any atom is 0.179 e. The van der Waals surface area contributed by atoms with Crippen LogP contribution in [0.15, 0.2) is 41.8 Å². The van der Waals surface area contributed by atoms with Crippen LogP contribution in [0, 0.1) is 6.92 Å². The number of carbonyl (C=O) groups is 1. The van der Waals surface area contributed by atoms with Crippen LogP contribution < -0.4 is 0 Å². The Balaban J connectivity index is 1.75. The van der Waals surface area contributed by atoms with Crippen LogP contribution >= 0.6 is 11.3 Å². The minimum absolute atomic E-state index is 0.0534. The quantitative estimate of drug-likeness (QED) is 0.742. The predicted octanol–water partition coefficient (Wildman–Crippen LogP) is 4.29. The van der Waals surface area contributed by atoms with E-state index in [4.69, 9.17) is 0 Å². The second-order valence-corrected chi connectivity index (χ2v) is 6.92. The molecule has 2 nitrogen and oxygen atoms in total. The third kappa shape index (κ3) is 3.42. The molecule has 1 atom stereocenters. The Bertz CT molecular complexity index is 599. The number of thiophene rings is 1. The van der Waals surface area contributed by atoms with Gasteiger partial charge in [-0.25, -0.2) is 0 Å². The zero-order valence-electron chi connectivity index (χ0n) is 12.6. The summed E-state index contributed by atoms with van der Waals surface area (Å²) in [5, 5.41) is 2.10. The van der Waals surface area contributed by atoms with Crippen LogP contribution in [-0.4, -0.2) is 22.8 Å². The highest BCUT2D eigenvalue weighted by Gasteiger charge is 2.35. The van der Waals surface area contributed by atoms with Crippen molar-refractivity contribution >= 4 is 17.1 Å². The third-order valence-corrected chi connectivity index (χ3v) is 5.01. The Labute approximate surface area is 130 Å². The first kappa shape index (κ1) is 14.5. The first-order chi connectivity index (χ1) is 10.1. The summed E-state index contributed by atoms with van der Waals surface area (Å²) < 4.78 is 0. The second-order valence-electron chi connectivity index (χ2n) is 5.89. The molecular weight excluding hydrogens is 278 g/mol. The van der Waals surface area contributed by atoms with E-state index in [-0.39, 0.29) is 11.8 Å². The molecule has 0 saturated heterocycles. The Hall–Kier alpha value is -1.45. The monoisotopic (exact) mass is 299 g/mol. The van der Waals surface area contributed by atoms with Crippen molar-refractivity contribution in [3.63, 3.8) is 0 Å². The van der Waals surface area contributed by atoms with Gasteiger partial charge in [0.05, 0.1) is 6.04 Å². The molecule has 3 rings (SSSR count). The standard InChI is InChI=1S/C18H21NOS/c1-13-5-7-15(8-6-13)18(20)14(2)19(16-9-10-16)12-17-4-3-11-21-17/h3-8,11,14,16H,9-10,12H2,1-2H3. The summed E-state index contributed by atoms with van der Waals surface area (Å²) in [5.41, 5.74) is 2.02. The smallest absolute Gasteiger partial charge is 0.179 e. The fraction of sp³-hybridized carbons (Fsp3) is 0.389. The van der Waals surface area contributed by atoms with Crippen LogP contribution in [0.3, 0.4) is 0 Å². The van der Waals surface area contributed by atoms with Crippen LogP contribution in [0.4, 0.5) is 0 Å². The van der Waals surface area contributed by atoms with Gasteiger partial charge in [0.15, 0.2) is 5.78 Å².